The van der Waals surface area contributed by atoms with E-state index < -0.39 is 12.0 Å². The van der Waals surface area contributed by atoms with E-state index in [0.717, 1.165) is 11.4 Å². The Bertz CT molecular complexity index is 349. The molecule has 4 N–H and O–H groups in total. The van der Waals surface area contributed by atoms with Crippen LogP contribution in [-0.4, -0.2) is 37.8 Å². The van der Waals surface area contributed by atoms with Crippen LogP contribution < -0.4 is 16.0 Å². The van der Waals surface area contributed by atoms with Crippen molar-refractivity contribution in [3.05, 3.63) is 24.3 Å². The number of aliphatic carboxylic acids is 1. The number of nitrogens with zero attached hydrogens (tertiary/aromatic N) is 1. The minimum atomic E-state index is -1.00. The fraction of sp³-hybridized carbons (Fsp3) is 0.364. The normalized spacial score (nSPS) is 11.9. The molecule has 0 aliphatic rings. The van der Waals surface area contributed by atoms with Gasteiger partial charge in [-0.05, 0) is 24.3 Å². The number of rotatable bonds is 5. The van der Waals surface area contributed by atoms with Crippen molar-refractivity contribution < 1.29 is 9.90 Å². The van der Waals surface area contributed by atoms with Crippen molar-refractivity contribution in [2.75, 3.05) is 30.9 Å². The van der Waals surface area contributed by atoms with Gasteiger partial charge in [0.25, 0.3) is 0 Å². The van der Waals surface area contributed by atoms with Crippen molar-refractivity contribution in [1.29, 1.82) is 0 Å². The van der Waals surface area contributed by atoms with Gasteiger partial charge in [0.05, 0.1) is 0 Å². The van der Waals surface area contributed by atoms with Crippen LogP contribution in [0.15, 0.2) is 24.3 Å². The topological polar surface area (TPSA) is 78.6 Å². The van der Waals surface area contributed by atoms with Crippen LogP contribution in [0.2, 0.25) is 0 Å². The quantitative estimate of drug-likeness (QED) is 0.680. The summed E-state index contributed by atoms with van der Waals surface area (Å²) in [6.07, 6.45) is 0. The van der Waals surface area contributed by atoms with Crippen LogP contribution in [0.25, 0.3) is 0 Å². The molecule has 0 saturated carbocycles. The van der Waals surface area contributed by atoms with Gasteiger partial charge in [-0.2, -0.15) is 0 Å². The number of nitrogens with two attached hydrogens (primary N) is 1. The molecule has 1 aromatic carbocycles. The number of anilines is 2. The van der Waals surface area contributed by atoms with Gasteiger partial charge in [0.1, 0.15) is 6.04 Å². The largest absolute Gasteiger partial charge is 0.480 e. The molecule has 0 aliphatic carbocycles. The SMILES string of the molecule is CN(C)c1ccc(NCC(N)C(=O)O)cc1. The third kappa shape index (κ3) is 3.43. The summed E-state index contributed by atoms with van der Waals surface area (Å²) in [5.74, 6) is -1.00. The van der Waals surface area contributed by atoms with Gasteiger partial charge in [-0.3, -0.25) is 4.79 Å². The number of hydrogen-bond acceptors (Lipinski definition) is 4. The summed E-state index contributed by atoms with van der Waals surface area (Å²) in [5.41, 5.74) is 7.33. The summed E-state index contributed by atoms with van der Waals surface area (Å²) >= 11 is 0. The van der Waals surface area contributed by atoms with Crippen molar-refractivity contribution in [3.63, 3.8) is 0 Å². The number of carboxylic acid groups (broad SMARTS) is 1. The Morgan fingerprint density at radius 1 is 1.44 bits per heavy atom. The van der Waals surface area contributed by atoms with E-state index in [1.807, 2.05) is 43.3 Å². The van der Waals surface area contributed by atoms with E-state index in [0.29, 0.717) is 0 Å². The highest BCUT2D eigenvalue weighted by Gasteiger charge is 2.10. The van der Waals surface area contributed by atoms with Crippen LogP contribution in [0, 0.1) is 0 Å². The molecule has 5 heteroatoms. The zero-order valence-corrected chi connectivity index (χ0v) is 9.47. The summed E-state index contributed by atoms with van der Waals surface area (Å²) in [6.45, 7) is 0.219. The number of carboxylic acids is 1. The lowest BCUT2D eigenvalue weighted by Crippen LogP contribution is -2.36. The average Bonchev–Trinajstić information content (AvgIpc) is 2.26. The minimum Gasteiger partial charge on any atom is -0.480 e. The smallest absolute Gasteiger partial charge is 0.322 e. The van der Waals surface area contributed by atoms with Crippen LogP contribution in [0.4, 0.5) is 11.4 Å². The molecule has 1 rings (SSSR count). The van der Waals surface area contributed by atoms with Crippen LogP contribution in [0.5, 0.6) is 0 Å². The molecule has 0 bridgehead atoms. The first-order valence-electron chi connectivity index (χ1n) is 5.00. The Balaban J connectivity index is 2.52. The van der Waals surface area contributed by atoms with Crippen molar-refractivity contribution in [2.24, 2.45) is 5.73 Å². The molecule has 0 fully saturated rings. The highest BCUT2D eigenvalue weighted by atomic mass is 16.4. The third-order valence-corrected chi connectivity index (χ3v) is 2.23. The van der Waals surface area contributed by atoms with Crippen molar-refractivity contribution in [2.45, 2.75) is 6.04 Å². The maximum absolute atomic E-state index is 10.5. The summed E-state index contributed by atoms with van der Waals surface area (Å²) in [7, 11) is 3.92. The zero-order chi connectivity index (χ0) is 12.1. The summed E-state index contributed by atoms with van der Waals surface area (Å²) in [6, 6.07) is 6.81. The minimum absolute atomic E-state index is 0.219. The average molecular weight is 223 g/mol. The molecule has 16 heavy (non-hydrogen) atoms. The van der Waals surface area contributed by atoms with E-state index in [-0.39, 0.29) is 6.54 Å². The van der Waals surface area contributed by atoms with Gasteiger partial charge in [0, 0.05) is 32.0 Å². The Hall–Kier alpha value is -1.75. The van der Waals surface area contributed by atoms with E-state index in [9.17, 15) is 4.79 Å². The lowest BCUT2D eigenvalue weighted by atomic mass is 10.2. The Morgan fingerprint density at radius 3 is 2.44 bits per heavy atom. The van der Waals surface area contributed by atoms with Gasteiger partial charge in [0.15, 0.2) is 0 Å². The summed E-state index contributed by atoms with van der Waals surface area (Å²) in [4.78, 5) is 12.5. The second kappa shape index (κ2) is 5.37. The molecular formula is C11H17N3O2. The van der Waals surface area contributed by atoms with Gasteiger partial charge >= 0.3 is 5.97 Å². The van der Waals surface area contributed by atoms with E-state index in [4.69, 9.17) is 10.8 Å². The Morgan fingerprint density at radius 2 is 2.00 bits per heavy atom. The predicted molar refractivity (Wildman–Crippen MR) is 64.9 cm³/mol. The van der Waals surface area contributed by atoms with Gasteiger partial charge in [-0.25, -0.2) is 0 Å². The Labute approximate surface area is 94.9 Å². The molecule has 0 heterocycles. The first-order valence-corrected chi connectivity index (χ1v) is 5.00. The van der Waals surface area contributed by atoms with Crippen molar-refractivity contribution >= 4 is 17.3 Å². The third-order valence-electron chi connectivity index (χ3n) is 2.23. The van der Waals surface area contributed by atoms with Gasteiger partial charge in [-0.1, -0.05) is 0 Å². The summed E-state index contributed by atoms with van der Waals surface area (Å²) < 4.78 is 0. The summed E-state index contributed by atoms with van der Waals surface area (Å²) in [5, 5.41) is 11.6. The van der Waals surface area contributed by atoms with Crippen LogP contribution in [0.1, 0.15) is 0 Å². The lowest BCUT2D eigenvalue weighted by molar-refractivity contribution is -0.138. The molecule has 0 radical (unpaired) electrons. The first-order chi connectivity index (χ1) is 7.50. The van der Waals surface area contributed by atoms with Crippen molar-refractivity contribution in [3.8, 4) is 0 Å². The first kappa shape index (κ1) is 12.3. The number of hydrogen-bond donors (Lipinski definition) is 3. The molecule has 1 unspecified atom stereocenters. The number of nitrogens with one attached hydrogen (secondary N) is 1. The van der Waals surface area contributed by atoms with E-state index in [2.05, 4.69) is 5.32 Å². The molecule has 0 saturated heterocycles. The van der Waals surface area contributed by atoms with Crippen LogP contribution in [0.3, 0.4) is 0 Å². The predicted octanol–water partition coefficient (Wildman–Crippen LogP) is 0.576. The monoisotopic (exact) mass is 223 g/mol. The molecule has 0 aliphatic heterocycles. The zero-order valence-electron chi connectivity index (χ0n) is 9.47. The highest BCUT2D eigenvalue weighted by molar-refractivity contribution is 5.74. The van der Waals surface area contributed by atoms with E-state index >= 15 is 0 Å². The molecule has 88 valence electrons. The molecule has 0 amide bonds. The maximum atomic E-state index is 10.5. The van der Waals surface area contributed by atoms with Crippen molar-refractivity contribution in [1.82, 2.24) is 0 Å². The van der Waals surface area contributed by atoms with E-state index in [1.165, 1.54) is 0 Å². The molecular weight excluding hydrogens is 206 g/mol. The standard InChI is InChI=1S/C11H17N3O2/c1-14(2)9-5-3-8(4-6-9)13-7-10(12)11(15)16/h3-6,10,13H,7,12H2,1-2H3,(H,15,16). The lowest BCUT2D eigenvalue weighted by Gasteiger charge is -2.14. The number of carbonyl (C=O) groups is 1. The van der Waals surface area contributed by atoms with Crippen LogP contribution in [-0.2, 0) is 4.79 Å². The second-order valence-electron chi connectivity index (χ2n) is 3.77. The van der Waals surface area contributed by atoms with Gasteiger partial charge in [0.2, 0.25) is 0 Å². The molecule has 0 aromatic heterocycles. The Kier molecular flexibility index (Phi) is 4.13. The molecule has 5 nitrogen and oxygen atoms in total. The second-order valence-corrected chi connectivity index (χ2v) is 3.77. The van der Waals surface area contributed by atoms with E-state index in [1.54, 1.807) is 0 Å². The fourth-order valence-corrected chi connectivity index (χ4v) is 1.19. The molecule has 0 spiro atoms. The fourth-order valence-electron chi connectivity index (χ4n) is 1.19. The highest BCUT2D eigenvalue weighted by Crippen LogP contribution is 2.15. The van der Waals surface area contributed by atoms with Crippen LogP contribution >= 0.6 is 0 Å². The maximum Gasteiger partial charge on any atom is 0.322 e. The van der Waals surface area contributed by atoms with Gasteiger partial charge < -0.3 is 21.1 Å². The van der Waals surface area contributed by atoms with Gasteiger partial charge in [-0.15, -0.1) is 0 Å². The number of benzene rings is 1. The molecule has 1 atom stereocenters. The molecule has 1 aromatic rings.